The van der Waals surface area contributed by atoms with Crippen molar-refractivity contribution in [1.82, 2.24) is 24.4 Å². The summed E-state index contributed by atoms with van der Waals surface area (Å²) in [6.07, 6.45) is 5.96. The highest BCUT2D eigenvalue weighted by molar-refractivity contribution is 7.15. The van der Waals surface area contributed by atoms with E-state index in [4.69, 9.17) is 14.8 Å². The molecular weight excluding hydrogens is 554 g/mol. The summed E-state index contributed by atoms with van der Waals surface area (Å²) in [5.74, 6) is 1.42. The van der Waals surface area contributed by atoms with Crippen molar-refractivity contribution in [2.45, 2.75) is 52.9 Å². The van der Waals surface area contributed by atoms with Crippen LogP contribution in [-0.4, -0.2) is 31.0 Å². The second kappa shape index (κ2) is 11.6. The zero-order valence-corrected chi connectivity index (χ0v) is 26.0. The van der Waals surface area contributed by atoms with Crippen LogP contribution in [0, 0.1) is 6.92 Å². The second-order valence-electron chi connectivity index (χ2n) is 11.8. The van der Waals surface area contributed by atoms with Crippen LogP contribution in [0.15, 0.2) is 83.8 Å². The molecular formula is C35H35N5O2S. The van der Waals surface area contributed by atoms with Crippen LogP contribution < -0.4 is 14.8 Å². The number of hydrogen-bond donors (Lipinski definition) is 0. The van der Waals surface area contributed by atoms with E-state index in [2.05, 4.69) is 51.0 Å². The number of thiazole rings is 1. The third kappa shape index (κ3) is 5.88. The quantitative estimate of drug-likeness (QED) is 0.179. The Morgan fingerprint density at radius 3 is 2.37 bits per heavy atom. The minimum Gasteiger partial charge on any atom is -0.493 e. The first kappa shape index (κ1) is 28.6. The molecule has 0 fully saturated rings. The van der Waals surface area contributed by atoms with E-state index in [0.717, 1.165) is 52.2 Å². The van der Waals surface area contributed by atoms with Crippen LogP contribution in [0.4, 0.5) is 0 Å². The minimum absolute atomic E-state index is 0.0593. The van der Waals surface area contributed by atoms with Gasteiger partial charge in [0.05, 0.1) is 16.8 Å². The van der Waals surface area contributed by atoms with E-state index in [-0.39, 0.29) is 11.0 Å². The predicted molar refractivity (Wildman–Crippen MR) is 174 cm³/mol. The molecule has 0 N–H and O–H groups in total. The van der Waals surface area contributed by atoms with Gasteiger partial charge in [0.2, 0.25) is 4.96 Å². The van der Waals surface area contributed by atoms with Crippen LogP contribution >= 0.6 is 11.3 Å². The molecule has 0 amide bonds. The van der Waals surface area contributed by atoms with Crippen molar-refractivity contribution < 1.29 is 4.74 Å². The van der Waals surface area contributed by atoms with E-state index < -0.39 is 0 Å². The van der Waals surface area contributed by atoms with Crippen LogP contribution in [0.5, 0.6) is 5.75 Å². The lowest BCUT2D eigenvalue weighted by Gasteiger charge is -2.18. The fourth-order valence-corrected chi connectivity index (χ4v) is 5.83. The van der Waals surface area contributed by atoms with Gasteiger partial charge < -0.3 is 4.74 Å². The maximum atomic E-state index is 13.5. The molecule has 7 nitrogen and oxygen atoms in total. The Morgan fingerprint density at radius 2 is 1.70 bits per heavy atom. The third-order valence-electron chi connectivity index (χ3n) is 7.44. The SMILES string of the molecule is CCCCOc1ccc(-c2nn(-c3ccccc3)cc2C=c2sc3nc(-c4ccc(C(C)(C)C)cc4)nn3c2=O)cc1C. The van der Waals surface area contributed by atoms with Gasteiger partial charge in [-0.3, -0.25) is 4.79 Å². The maximum Gasteiger partial charge on any atom is 0.291 e. The monoisotopic (exact) mass is 589 g/mol. The highest BCUT2D eigenvalue weighted by Crippen LogP contribution is 2.30. The Kier molecular flexibility index (Phi) is 7.71. The van der Waals surface area contributed by atoms with Crippen LogP contribution in [0.3, 0.4) is 0 Å². The average Bonchev–Trinajstić information content (AvgIpc) is 3.69. The summed E-state index contributed by atoms with van der Waals surface area (Å²) in [6, 6.07) is 24.3. The van der Waals surface area contributed by atoms with E-state index in [0.29, 0.717) is 21.9 Å². The Balaban J connectivity index is 1.40. The van der Waals surface area contributed by atoms with E-state index >= 15 is 0 Å². The number of benzene rings is 3. The molecule has 0 spiro atoms. The summed E-state index contributed by atoms with van der Waals surface area (Å²) in [5, 5.41) is 9.52. The molecule has 0 saturated carbocycles. The van der Waals surface area contributed by atoms with Crippen molar-refractivity contribution >= 4 is 22.4 Å². The van der Waals surface area contributed by atoms with Gasteiger partial charge in [-0.05, 0) is 66.3 Å². The number of rotatable bonds is 8. The molecule has 0 aliphatic heterocycles. The number of nitrogens with zero attached hydrogens (tertiary/aromatic N) is 5. The lowest BCUT2D eigenvalue weighted by atomic mass is 9.87. The highest BCUT2D eigenvalue weighted by Gasteiger charge is 2.17. The molecule has 3 heterocycles. The molecule has 0 radical (unpaired) electrons. The zero-order valence-electron chi connectivity index (χ0n) is 25.2. The summed E-state index contributed by atoms with van der Waals surface area (Å²) in [6.45, 7) is 11.4. The van der Waals surface area contributed by atoms with Gasteiger partial charge in [-0.1, -0.05) is 87.9 Å². The first-order chi connectivity index (χ1) is 20.7. The smallest absolute Gasteiger partial charge is 0.291 e. The molecule has 3 aromatic heterocycles. The molecule has 3 aromatic carbocycles. The van der Waals surface area contributed by atoms with E-state index in [9.17, 15) is 4.79 Å². The molecule has 8 heteroatoms. The van der Waals surface area contributed by atoms with Gasteiger partial charge in [0.25, 0.3) is 5.56 Å². The van der Waals surface area contributed by atoms with Crippen LogP contribution in [0.25, 0.3) is 39.4 Å². The number of hydrogen-bond acceptors (Lipinski definition) is 6. The average molecular weight is 590 g/mol. The summed E-state index contributed by atoms with van der Waals surface area (Å²) in [5.41, 5.74) is 6.54. The molecule has 0 bridgehead atoms. The lowest BCUT2D eigenvalue weighted by molar-refractivity contribution is 0.307. The van der Waals surface area contributed by atoms with Gasteiger partial charge in [-0.25, -0.2) is 4.68 Å². The van der Waals surface area contributed by atoms with Gasteiger partial charge in [-0.15, -0.1) is 5.10 Å². The predicted octanol–water partition coefficient (Wildman–Crippen LogP) is 7.00. The molecule has 218 valence electrons. The number of ether oxygens (including phenoxy) is 1. The van der Waals surface area contributed by atoms with Crippen LogP contribution in [0.2, 0.25) is 0 Å². The van der Waals surface area contributed by atoms with Crippen molar-refractivity contribution in [3.8, 4) is 34.1 Å². The first-order valence-corrected chi connectivity index (χ1v) is 15.4. The number of para-hydroxylation sites is 1. The Hall–Kier alpha value is -4.56. The van der Waals surface area contributed by atoms with Crippen molar-refractivity contribution in [1.29, 1.82) is 0 Å². The van der Waals surface area contributed by atoms with Gasteiger partial charge in [0.15, 0.2) is 5.82 Å². The number of fused-ring (bicyclic) bond motifs is 1. The zero-order chi connectivity index (χ0) is 30.1. The topological polar surface area (TPSA) is 74.3 Å². The van der Waals surface area contributed by atoms with Gasteiger partial charge >= 0.3 is 0 Å². The Labute approximate surface area is 255 Å². The highest BCUT2D eigenvalue weighted by atomic mass is 32.1. The Bertz CT molecular complexity index is 2000. The van der Waals surface area contributed by atoms with Crippen molar-refractivity contribution in [2.75, 3.05) is 6.61 Å². The van der Waals surface area contributed by atoms with Gasteiger partial charge in [0, 0.05) is 22.9 Å². The first-order valence-electron chi connectivity index (χ1n) is 14.6. The maximum absolute atomic E-state index is 13.5. The van der Waals surface area contributed by atoms with E-state index in [1.807, 2.05) is 78.5 Å². The number of aryl methyl sites for hydroxylation is 1. The van der Waals surface area contributed by atoms with Crippen molar-refractivity contribution in [3.05, 3.63) is 111 Å². The molecule has 0 unspecified atom stereocenters. The molecule has 0 aliphatic carbocycles. The molecule has 0 aliphatic rings. The normalized spacial score (nSPS) is 12.3. The van der Waals surface area contributed by atoms with Crippen LogP contribution in [-0.2, 0) is 5.41 Å². The van der Waals surface area contributed by atoms with Gasteiger partial charge in [-0.2, -0.15) is 14.6 Å². The number of aromatic nitrogens is 5. The van der Waals surface area contributed by atoms with Gasteiger partial charge in [0.1, 0.15) is 11.4 Å². The van der Waals surface area contributed by atoms with E-state index in [1.54, 1.807) is 0 Å². The minimum atomic E-state index is -0.195. The molecule has 6 rings (SSSR count). The molecule has 43 heavy (non-hydrogen) atoms. The summed E-state index contributed by atoms with van der Waals surface area (Å²) in [4.78, 5) is 18.8. The fourth-order valence-electron chi connectivity index (χ4n) is 4.93. The lowest BCUT2D eigenvalue weighted by Crippen LogP contribution is -2.23. The summed E-state index contributed by atoms with van der Waals surface area (Å²) in [7, 11) is 0. The largest absolute Gasteiger partial charge is 0.493 e. The summed E-state index contributed by atoms with van der Waals surface area (Å²) >= 11 is 1.33. The standard InChI is InChI=1S/C35H35N5O2S/c1-6-7-19-42-29-18-15-25(20-23(29)2)31-26(22-39(37-31)28-11-9-8-10-12-28)21-30-33(41)40-34(43-30)36-32(38-40)24-13-16-27(17-14-24)35(3,4)5/h8-18,20-22H,6-7,19H2,1-5H3. The second-order valence-corrected chi connectivity index (χ2v) is 12.8. The Morgan fingerprint density at radius 1 is 0.953 bits per heavy atom. The van der Waals surface area contributed by atoms with Crippen LogP contribution in [0.1, 0.15) is 57.2 Å². The van der Waals surface area contributed by atoms with Crippen molar-refractivity contribution in [2.24, 2.45) is 0 Å². The molecule has 0 atom stereocenters. The fraction of sp³-hybridized carbons (Fsp3) is 0.257. The number of unbranched alkanes of at least 4 members (excludes halogenated alkanes) is 1. The third-order valence-corrected chi connectivity index (χ3v) is 8.40. The van der Waals surface area contributed by atoms with E-state index in [1.165, 1.54) is 21.4 Å². The molecule has 0 saturated heterocycles. The van der Waals surface area contributed by atoms with Crippen molar-refractivity contribution in [3.63, 3.8) is 0 Å². The molecule has 6 aromatic rings. The summed E-state index contributed by atoms with van der Waals surface area (Å²) < 4.78 is 9.78.